The maximum absolute atomic E-state index is 12.4. The Bertz CT molecular complexity index is 547. The Labute approximate surface area is 129 Å². The molecule has 0 heterocycles. The average molecular weight is 310 g/mol. The van der Waals surface area contributed by atoms with Crippen molar-refractivity contribution >= 4 is 23.5 Å². The molecule has 0 saturated heterocycles. The second-order valence-corrected chi connectivity index (χ2v) is 6.72. The number of carbonyl (C=O) groups is 2. The molecule has 21 heavy (non-hydrogen) atoms. The summed E-state index contributed by atoms with van der Waals surface area (Å²) in [6, 6.07) is 7.35. The third-order valence-corrected chi connectivity index (χ3v) is 4.45. The Kier molecular flexibility index (Phi) is 4.28. The maximum Gasteiger partial charge on any atom is 0.309 e. The van der Waals surface area contributed by atoms with Gasteiger partial charge in [0, 0.05) is 11.6 Å². The third-order valence-electron chi connectivity index (χ3n) is 4.20. The van der Waals surface area contributed by atoms with Crippen LogP contribution in [0.4, 0.5) is 0 Å². The minimum Gasteiger partial charge on any atom is -0.481 e. The molecule has 0 bridgehead atoms. The minimum atomic E-state index is -0.851. The Balaban J connectivity index is 1.95. The van der Waals surface area contributed by atoms with Crippen molar-refractivity contribution in [2.24, 2.45) is 5.41 Å². The van der Waals surface area contributed by atoms with Crippen LogP contribution in [0.25, 0.3) is 0 Å². The highest BCUT2D eigenvalue weighted by Crippen LogP contribution is 2.48. The van der Waals surface area contributed by atoms with E-state index in [0.717, 1.165) is 18.4 Å². The van der Waals surface area contributed by atoms with Crippen LogP contribution in [0.2, 0.25) is 5.02 Å². The molecular formula is C16H20ClNO3. The van der Waals surface area contributed by atoms with E-state index in [1.54, 1.807) is 26.0 Å². The summed E-state index contributed by atoms with van der Waals surface area (Å²) in [5.74, 6) is -0.874. The van der Waals surface area contributed by atoms with Crippen molar-refractivity contribution in [1.82, 2.24) is 5.32 Å². The fourth-order valence-electron chi connectivity index (χ4n) is 2.31. The minimum absolute atomic E-state index is 0.0222. The number of hydrogen-bond donors (Lipinski definition) is 2. The number of aliphatic carboxylic acids is 1. The van der Waals surface area contributed by atoms with Crippen molar-refractivity contribution in [3.8, 4) is 0 Å². The van der Waals surface area contributed by atoms with E-state index in [2.05, 4.69) is 5.32 Å². The molecule has 0 unspecified atom stereocenters. The van der Waals surface area contributed by atoms with Crippen molar-refractivity contribution in [3.05, 3.63) is 34.9 Å². The Morgan fingerprint density at radius 2 is 1.86 bits per heavy atom. The largest absolute Gasteiger partial charge is 0.481 e. The second-order valence-electron chi connectivity index (χ2n) is 6.28. The van der Waals surface area contributed by atoms with E-state index >= 15 is 0 Å². The molecule has 1 saturated carbocycles. The van der Waals surface area contributed by atoms with Crippen LogP contribution < -0.4 is 5.32 Å². The number of benzene rings is 1. The normalized spacial score (nSPS) is 16.3. The van der Waals surface area contributed by atoms with Gasteiger partial charge in [0.15, 0.2) is 0 Å². The predicted octanol–water partition coefficient (Wildman–Crippen LogP) is 2.99. The van der Waals surface area contributed by atoms with Gasteiger partial charge >= 0.3 is 5.97 Å². The van der Waals surface area contributed by atoms with Gasteiger partial charge in [-0.25, -0.2) is 0 Å². The number of nitrogens with one attached hydrogen (secondary N) is 1. The fraction of sp³-hybridized carbons (Fsp3) is 0.500. The summed E-state index contributed by atoms with van der Waals surface area (Å²) in [5, 5.41) is 12.6. The van der Waals surface area contributed by atoms with Crippen molar-refractivity contribution in [3.63, 3.8) is 0 Å². The number of carboxylic acid groups (broad SMARTS) is 1. The molecule has 1 amide bonds. The number of carboxylic acids is 1. The molecule has 0 spiro atoms. The monoisotopic (exact) mass is 309 g/mol. The van der Waals surface area contributed by atoms with Crippen LogP contribution in [0.3, 0.4) is 0 Å². The van der Waals surface area contributed by atoms with Crippen LogP contribution >= 0.6 is 11.6 Å². The topological polar surface area (TPSA) is 66.4 Å². The van der Waals surface area contributed by atoms with Gasteiger partial charge in [0.25, 0.3) is 0 Å². The van der Waals surface area contributed by atoms with Gasteiger partial charge in [-0.15, -0.1) is 0 Å². The number of carbonyl (C=O) groups excluding carboxylic acids is 1. The second kappa shape index (κ2) is 5.68. The van der Waals surface area contributed by atoms with E-state index in [4.69, 9.17) is 16.7 Å². The summed E-state index contributed by atoms with van der Waals surface area (Å²) >= 11 is 5.87. The molecule has 4 nitrogen and oxygen atoms in total. The summed E-state index contributed by atoms with van der Waals surface area (Å²) in [6.07, 6.45) is 2.05. The lowest BCUT2D eigenvalue weighted by Gasteiger charge is -2.21. The zero-order valence-corrected chi connectivity index (χ0v) is 13.0. The summed E-state index contributed by atoms with van der Waals surface area (Å²) in [4.78, 5) is 23.4. The van der Waals surface area contributed by atoms with Crippen LogP contribution in [0.1, 0.15) is 38.7 Å². The summed E-state index contributed by atoms with van der Waals surface area (Å²) in [6.45, 7) is 3.69. The maximum atomic E-state index is 12.4. The van der Waals surface area contributed by atoms with Crippen molar-refractivity contribution in [2.45, 2.75) is 38.5 Å². The molecule has 1 aliphatic rings. The van der Waals surface area contributed by atoms with Gasteiger partial charge in [-0.1, -0.05) is 23.7 Å². The van der Waals surface area contributed by atoms with E-state index in [0.29, 0.717) is 18.0 Å². The predicted molar refractivity (Wildman–Crippen MR) is 81.4 cm³/mol. The molecule has 0 aromatic heterocycles. The zero-order valence-electron chi connectivity index (χ0n) is 12.3. The standard InChI is InChI=1S/C16H20ClNO3/c1-15(2,14(20)21)9-10-18-13(19)16(7-8-16)11-3-5-12(17)6-4-11/h3-6H,7-10H2,1-2H3,(H,18,19)(H,20,21). The van der Waals surface area contributed by atoms with Crippen LogP contribution in [0.15, 0.2) is 24.3 Å². The first kappa shape index (κ1) is 15.8. The van der Waals surface area contributed by atoms with Gasteiger partial charge in [0.05, 0.1) is 10.8 Å². The van der Waals surface area contributed by atoms with Gasteiger partial charge in [0.1, 0.15) is 0 Å². The molecule has 0 radical (unpaired) electrons. The summed E-state index contributed by atoms with van der Waals surface area (Å²) in [5.41, 5.74) is -0.302. The highest BCUT2D eigenvalue weighted by atomic mass is 35.5. The van der Waals surface area contributed by atoms with E-state index in [9.17, 15) is 9.59 Å². The van der Waals surface area contributed by atoms with E-state index in [1.807, 2.05) is 12.1 Å². The fourth-order valence-corrected chi connectivity index (χ4v) is 2.43. The lowest BCUT2D eigenvalue weighted by molar-refractivity contribution is -0.147. The molecule has 0 aliphatic heterocycles. The number of halogens is 1. The molecule has 1 fully saturated rings. The first-order valence-corrected chi connectivity index (χ1v) is 7.43. The molecule has 1 aromatic carbocycles. The molecule has 2 N–H and O–H groups in total. The van der Waals surface area contributed by atoms with Gasteiger partial charge < -0.3 is 10.4 Å². The Morgan fingerprint density at radius 3 is 2.33 bits per heavy atom. The highest BCUT2D eigenvalue weighted by Gasteiger charge is 2.51. The van der Waals surface area contributed by atoms with Gasteiger partial charge in [-0.3, -0.25) is 9.59 Å². The number of rotatable bonds is 6. The third kappa shape index (κ3) is 3.38. The lowest BCUT2D eigenvalue weighted by atomic mass is 9.89. The van der Waals surface area contributed by atoms with Crippen LogP contribution in [0.5, 0.6) is 0 Å². The smallest absolute Gasteiger partial charge is 0.309 e. The quantitative estimate of drug-likeness (QED) is 0.849. The van der Waals surface area contributed by atoms with Gasteiger partial charge in [0.2, 0.25) is 5.91 Å². The summed E-state index contributed by atoms with van der Waals surface area (Å²) in [7, 11) is 0. The first-order chi connectivity index (χ1) is 9.78. The Morgan fingerprint density at radius 1 is 1.29 bits per heavy atom. The summed E-state index contributed by atoms with van der Waals surface area (Å²) < 4.78 is 0. The molecule has 1 aliphatic carbocycles. The molecule has 114 valence electrons. The van der Waals surface area contributed by atoms with Gasteiger partial charge in [-0.05, 0) is 50.8 Å². The van der Waals surface area contributed by atoms with E-state index < -0.39 is 16.8 Å². The number of amides is 1. The molecule has 1 aromatic rings. The Hall–Kier alpha value is -1.55. The van der Waals surface area contributed by atoms with Crippen LogP contribution in [-0.2, 0) is 15.0 Å². The number of hydrogen-bond acceptors (Lipinski definition) is 2. The average Bonchev–Trinajstić information content (AvgIpc) is 3.20. The first-order valence-electron chi connectivity index (χ1n) is 7.06. The van der Waals surface area contributed by atoms with Crippen LogP contribution in [-0.4, -0.2) is 23.5 Å². The van der Waals surface area contributed by atoms with Crippen molar-refractivity contribution in [1.29, 1.82) is 0 Å². The molecule has 2 rings (SSSR count). The SMILES string of the molecule is CC(C)(CCNC(=O)C1(c2ccc(Cl)cc2)CC1)C(=O)O. The molecule has 5 heteroatoms. The van der Waals surface area contributed by atoms with Crippen molar-refractivity contribution < 1.29 is 14.7 Å². The van der Waals surface area contributed by atoms with E-state index in [1.165, 1.54) is 0 Å². The van der Waals surface area contributed by atoms with Crippen LogP contribution in [0, 0.1) is 5.41 Å². The van der Waals surface area contributed by atoms with Gasteiger partial charge in [-0.2, -0.15) is 0 Å². The molecular weight excluding hydrogens is 290 g/mol. The van der Waals surface area contributed by atoms with Crippen molar-refractivity contribution in [2.75, 3.05) is 6.54 Å². The zero-order chi connectivity index (χ0) is 15.7. The molecule has 0 atom stereocenters. The van der Waals surface area contributed by atoms with E-state index in [-0.39, 0.29) is 5.91 Å². The lowest BCUT2D eigenvalue weighted by Crippen LogP contribution is -2.37. The highest BCUT2D eigenvalue weighted by molar-refractivity contribution is 6.30.